The first-order chi connectivity index (χ1) is 10.5. The van der Waals surface area contributed by atoms with Gasteiger partial charge in [-0.15, -0.1) is 0 Å². The fraction of sp³-hybridized carbons (Fsp3) is 0.357. The first kappa shape index (κ1) is 19.2. The van der Waals surface area contributed by atoms with Crippen LogP contribution in [0.2, 0.25) is 0 Å². The van der Waals surface area contributed by atoms with Gasteiger partial charge in [0.1, 0.15) is 0 Å². The average molecular weight is 351 g/mol. The van der Waals surface area contributed by atoms with Crippen LogP contribution >= 0.6 is 0 Å². The van der Waals surface area contributed by atoms with E-state index in [-0.39, 0.29) is 12.1 Å². The van der Waals surface area contributed by atoms with Crippen molar-refractivity contribution in [2.45, 2.75) is 31.4 Å². The molecule has 1 rings (SSSR count). The zero-order valence-electron chi connectivity index (χ0n) is 12.2. The fourth-order valence-electron chi connectivity index (χ4n) is 1.59. The van der Waals surface area contributed by atoms with Crippen LogP contribution in [-0.2, 0) is 20.8 Å². The molecule has 23 heavy (non-hydrogen) atoms. The molecule has 1 N–H and O–H groups in total. The second-order valence-corrected chi connectivity index (χ2v) is 6.36. The van der Waals surface area contributed by atoms with E-state index in [0.29, 0.717) is 12.0 Å². The predicted octanol–water partition coefficient (Wildman–Crippen LogP) is 2.78. The van der Waals surface area contributed by atoms with E-state index in [4.69, 9.17) is 0 Å². The van der Waals surface area contributed by atoms with Crippen LogP contribution in [-0.4, -0.2) is 30.8 Å². The van der Waals surface area contributed by atoms with Gasteiger partial charge < -0.3 is 5.11 Å². The highest BCUT2D eigenvalue weighted by molar-refractivity contribution is 7.87. The van der Waals surface area contributed by atoms with Crippen molar-refractivity contribution >= 4 is 15.8 Å². The van der Waals surface area contributed by atoms with Crippen molar-refractivity contribution in [3.63, 3.8) is 0 Å². The van der Waals surface area contributed by atoms with Crippen LogP contribution < -0.4 is 0 Å². The Labute approximate surface area is 132 Å². The molecular formula is C14H16F3NO4S. The first-order valence-electron chi connectivity index (χ1n) is 6.46. The molecular weight excluding hydrogens is 335 g/mol. The third-order valence-electron chi connectivity index (χ3n) is 2.81. The number of oxime groups is 1. The van der Waals surface area contributed by atoms with Crippen molar-refractivity contribution in [2.24, 2.45) is 5.16 Å². The smallest absolute Gasteiger partial charge is 0.388 e. The van der Waals surface area contributed by atoms with Crippen LogP contribution in [0, 0.1) is 0 Å². The van der Waals surface area contributed by atoms with Gasteiger partial charge in [-0.05, 0) is 24.5 Å². The largest absolute Gasteiger partial charge is 0.536 e. The lowest BCUT2D eigenvalue weighted by Crippen LogP contribution is -2.24. The Hall–Kier alpha value is -1.87. The molecule has 1 atom stereocenters. The molecule has 1 aromatic carbocycles. The lowest BCUT2D eigenvalue weighted by molar-refractivity contribution is -0.0541. The number of hydrogen-bond donors (Lipinski definition) is 1. The summed E-state index contributed by atoms with van der Waals surface area (Å²) in [7, 11) is -5.79. The van der Waals surface area contributed by atoms with E-state index in [1.54, 1.807) is 0 Å². The van der Waals surface area contributed by atoms with Crippen LogP contribution in [0.1, 0.15) is 18.9 Å². The Bertz CT molecular complexity index is 669. The van der Waals surface area contributed by atoms with Gasteiger partial charge in [-0.1, -0.05) is 42.1 Å². The number of aliphatic hydroxyl groups is 1. The molecule has 0 aliphatic carbocycles. The number of nitrogens with zero attached hydrogens (tertiary/aromatic N) is 1. The topological polar surface area (TPSA) is 76.0 Å². The van der Waals surface area contributed by atoms with E-state index in [0.717, 1.165) is 5.56 Å². The minimum Gasteiger partial charge on any atom is -0.388 e. The van der Waals surface area contributed by atoms with E-state index in [2.05, 4.69) is 16.0 Å². The molecule has 5 nitrogen and oxygen atoms in total. The molecule has 0 radical (unpaired) electrons. The van der Waals surface area contributed by atoms with E-state index in [1.165, 1.54) is 6.92 Å². The van der Waals surface area contributed by atoms with Crippen molar-refractivity contribution in [1.82, 2.24) is 0 Å². The van der Waals surface area contributed by atoms with Gasteiger partial charge in [0.2, 0.25) is 0 Å². The van der Waals surface area contributed by atoms with Crippen molar-refractivity contribution < 1.29 is 31.0 Å². The van der Waals surface area contributed by atoms with E-state index >= 15 is 0 Å². The van der Waals surface area contributed by atoms with Crippen molar-refractivity contribution in [3.05, 3.63) is 48.0 Å². The number of alkyl halides is 3. The summed E-state index contributed by atoms with van der Waals surface area (Å²) in [6.07, 6.45) is -0.910. The van der Waals surface area contributed by atoms with Gasteiger partial charge in [-0.3, -0.25) is 4.28 Å². The third kappa shape index (κ3) is 6.03. The maximum Gasteiger partial charge on any atom is 0.536 e. The number of halogens is 3. The zero-order valence-corrected chi connectivity index (χ0v) is 13.1. The number of benzene rings is 1. The minimum atomic E-state index is -5.79. The summed E-state index contributed by atoms with van der Waals surface area (Å²) >= 11 is 0. The molecule has 1 aromatic rings. The van der Waals surface area contributed by atoms with Crippen LogP contribution in [0.25, 0.3) is 0 Å². The molecule has 1 unspecified atom stereocenters. The molecule has 0 heterocycles. The molecule has 0 saturated heterocycles. The van der Waals surface area contributed by atoms with Gasteiger partial charge in [0.15, 0.2) is 0 Å². The summed E-state index contributed by atoms with van der Waals surface area (Å²) < 4.78 is 61.1. The second kappa shape index (κ2) is 7.60. The van der Waals surface area contributed by atoms with Gasteiger partial charge in [-0.25, -0.2) is 0 Å². The summed E-state index contributed by atoms with van der Waals surface area (Å²) in [6.45, 7) is 4.95. The van der Waals surface area contributed by atoms with Crippen LogP contribution in [0.3, 0.4) is 0 Å². The molecule has 0 spiro atoms. The van der Waals surface area contributed by atoms with Crippen LogP contribution in [0.4, 0.5) is 13.2 Å². The van der Waals surface area contributed by atoms with Gasteiger partial charge in [0, 0.05) is 6.42 Å². The van der Waals surface area contributed by atoms with Crippen molar-refractivity contribution in [3.8, 4) is 0 Å². The molecule has 0 aliphatic rings. The predicted molar refractivity (Wildman–Crippen MR) is 79.1 cm³/mol. The number of rotatable bonds is 7. The Morgan fingerprint density at radius 3 is 2.43 bits per heavy atom. The average Bonchev–Trinajstić information content (AvgIpc) is 2.45. The lowest BCUT2D eigenvalue weighted by atomic mass is 9.99. The maximum absolute atomic E-state index is 12.1. The van der Waals surface area contributed by atoms with Gasteiger partial charge in [-0.2, -0.15) is 21.6 Å². The van der Waals surface area contributed by atoms with Crippen molar-refractivity contribution in [2.75, 3.05) is 0 Å². The number of hydrogen-bond acceptors (Lipinski definition) is 5. The Morgan fingerprint density at radius 1 is 1.35 bits per heavy atom. The van der Waals surface area contributed by atoms with Crippen LogP contribution in [0.5, 0.6) is 0 Å². The SMILES string of the molecule is C=C(Cc1ccccc1)C(O)CC(C)=NOS(=O)(=O)C(F)(F)F. The maximum atomic E-state index is 12.1. The highest BCUT2D eigenvalue weighted by Gasteiger charge is 2.49. The van der Waals surface area contributed by atoms with E-state index < -0.39 is 21.7 Å². The molecule has 0 aliphatic heterocycles. The normalized spacial score (nSPS) is 14.4. The highest BCUT2D eigenvalue weighted by atomic mass is 32.2. The highest BCUT2D eigenvalue weighted by Crippen LogP contribution is 2.24. The fourth-order valence-corrected chi connectivity index (χ4v) is 1.90. The van der Waals surface area contributed by atoms with Crippen LogP contribution in [0.15, 0.2) is 47.6 Å². The van der Waals surface area contributed by atoms with Gasteiger partial charge >= 0.3 is 15.6 Å². The van der Waals surface area contributed by atoms with E-state index in [1.807, 2.05) is 30.3 Å². The van der Waals surface area contributed by atoms with Crippen molar-refractivity contribution in [1.29, 1.82) is 0 Å². The third-order valence-corrected chi connectivity index (χ3v) is 3.65. The lowest BCUT2D eigenvalue weighted by Gasteiger charge is -2.13. The molecule has 0 bridgehead atoms. The first-order valence-corrected chi connectivity index (χ1v) is 7.87. The molecule has 128 valence electrons. The summed E-state index contributed by atoms with van der Waals surface area (Å²) in [5, 5.41) is 12.8. The Morgan fingerprint density at radius 2 is 1.91 bits per heavy atom. The standard InChI is InChI=1S/C14H16F3NO4S/c1-10(8-12-6-4-3-5-7-12)13(19)9-11(2)18-22-23(20,21)14(15,16)17/h3-7,13,19H,1,8-9H2,2H3. The summed E-state index contributed by atoms with van der Waals surface area (Å²) in [6, 6.07) is 9.13. The van der Waals surface area contributed by atoms with Gasteiger partial charge in [0.05, 0.1) is 11.8 Å². The summed E-state index contributed by atoms with van der Waals surface area (Å²) in [5.74, 6) is 0. The summed E-state index contributed by atoms with van der Waals surface area (Å²) in [5.41, 5.74) is -4.34. The monoisotopic (exact) mass is 351 g/mol. The zero-order chi connectivity index (χ0) is 17.7. The Balaban J connectivity index is 2.61. The number of aliphatic hydroxyl groups excluding tert-OH is 1. The molecule has 0 aromatic heterocycles. The molecule has 0 saturated carbocycles. The Kier molecular flexibility index (Phi) is 6.34. The molecule has 0 amide bonds. The minimum absolute atomic E-state index is 0.112. The molecule has 9 heteroatoms. The molecule has 0 fully saturated rings. The van der Waals surface area contributed by atoms with Gasteiger partial charge in [0.25, 0.3) is 0 Å². The quantitative estimate of drug-likeness (QED) is 0.355. The van der Waals surface area contributed by atoms with E-state index in [9.17, 15) is 26.7 Å². The second-order valence-electron chi connectivity index (χ2n) is 4.84. The summed E-state index contributed by atoms with van der Waals surface area (Å²) in [4.78, 5) is 0.